The number of carbonyl (C=O) groups is 1. The van der Waals surface area contributed by atoms with Gasteiger partial charge < -0.3 is 9.84 Å². The monoisotopic (exact) mass is 354 g/mol. The summed E-state index contributed by atoms with van der Waals surface area (Å²) in [4.78, 5) is 10.6. The van der Waals surface area contributed by atoms with Crippen molar-refractivity contribution in [3.63, 3.8) is 0 Å². The van der Waals surface area contributed by atoms with Crippen molar-refractivity contribution in [2.75, 3.05) is 6.61 Å². The van der Waals surface area contributed by atoms with Gasteiger partial charge in [-0.2, -0.15) is 5.11 Å². The Hall–Kier alpha value is -2.69. The van der Waals surface area contributed by atoms with Crippen LogP contribution in [0, 0.1) is 0 Å². The van der Waals surface area contributed by atoms with Crippen LogP contribution in [0.2, 0.25) is 0 Å². The molecule has 1 N–H and O–H groups in total. The number of hydrogen-bond donors (Lipinski definition) is 1. The van der Waals surface area contributed by atoms with Gasteiger partial charge in [-0.15, -0.1) is 5.11 Å². The number of rotatable bonds is 11. The van der Waals surface area contributed by atoms with Gasteiger partial charge in [0.2, 0.25) is 0 Å². The minimum Gasteiger partial charge on any atom is -0.505 e. The van der Waals surface area contributed by atoms with Crippen molar-refractivity contribution in [3.8, 4) is 11.5 Å². The number of azo groups is 1. The number of benzene rings is 2. The standard InChI is InChI=1S/C21H26N2O3/c1-2-3-4-5-6-7-14-26-19-12-13-20(21(25)15-19)23-22-18-10-8-17(16-24)9-11-18/h8-13,15-16,25H,2-7,14H2,1H3. The van der Waals surface area contributed by atoms with Crippen molar-refractivity contribution in [3.05, 3.63) is 48.0 Å². The van der Waals surface area contributed by atoms with Crippen molar-refractivity contribution in [1.82, 2.24) is 0 Å². The second-order valence-corrected chi connectivity index (χ2v) is 6.18. The van der Waals surface area contributed by atoms with E-state index >= 15 is 0 Å². The number of aldehydes is 1. The number of nitrogens with zero attached hydrogens (tertiary/aromatic N) is 2. The van der Waals surface area contributed by atoms with Gasteiger partial charge in [-0.1, -0.05) is 39.0 Å². The van der Waals surface area contributed by atoms with E-state index in [9.17, 15) is 9.90 Å². The van der Waals surface area contributed by atoms with Crippen LogP contribution >= 0.6 is 0 Å². The number of carbonyl (C=O) groups excluding carboxylic acids is 1. The first-order valence-electron chi connectivity index (χ1n) is 9.15. The summed E-state index contributed by atoms with van der Waals surface area (Å²) in [5, 5.41) is 18.2. The molecule has 5 nitrogen and oxygen atoms in total. The lowest BCUT2D eigenvalue weighted by Gasteiger charge is -2.07. The van der Waals surface area contributed by atoms with Crippen LogP contribution < -0.4 is 4.74 Å². The highest BCUT2D eigenvalue weighted by Gasteiger charge is 2.03. The highest BCUT2D eigenvalue weighted by atomic mass is 16.5. The number of phenolic OH excluding ortho intramolecular Hbond substituents is 1. The first-order chi connectivity index (χ1) is 12.7. The molecule has 0 radical (unpaired) electrons. The molecule has 0 atom stereocenters. The normalized spacial score (nSPS) is 11.0. The summed E-state index contributed by atoms with van der Waals surface area (Å²) >= 11 is 0. The summed E-state index contributed by atoms with van der Waals surface area (Å²) in [5.41, 5.74) is 1.56. The van der Waals surface area contributed by atoms with E-state index in [2.05, 4.69) is 17.2 Å². The van der Waals surface area contributed by atoms with Gasteiger partial charge in [0.15, 0.2) is 0 Å². The summed E-state index contributed by atoms with van der Waals surface area (Å²) in [6.45, 7) is 2.86. The Labute approximate surface area is 154 Å². The van der Waals surface area contributed by atoms with Gasteiger partial charge in [-0.25, -0.2) is 0 Å². The first kappa shape index (κ1) is 19.6. The first-order valence-corrected chi connectivity index (χ1v) is 9.15. The van der Waals surface area contributed by atoms with Crippen LogP contribution in [0.5, 0.6) is 11.5 Å². The van der Waals surface area contributed by atoms with Gasteiger partial charge in [0.25, 0.3) is 0 Å². The topological polar surface area (TPSA) is 71.2 Å². The van der Waals surface area contributed by atoms with Crippen LogP contribution in [0.15, 0.2) is 52.7 Å². The molecule has 0 saturated heterocycles. The average Bonchev–Trinajstić information content (AvgIpc) is 2.67. The molecule has 26 heavy (non-hydrogen) atoms. The second-order valence-electron chi connectivity index (χ2n) is 6.18. The fourth-order valence-electron chi connectivity index (χ4n) is 2.48. The molecule has 5 heteroatoms. The molecule has 2 aromatic rings. The van der Waals surface area contributed by atoms with Crippen LogP contribution in [0.4, 0.5) is 11.4 Å². The summed E-state index contributed by atoms with van der Waals surface area (Å²) in [6.07, 6.45) is 8.04. The molecule has 0 aliphatic rings. The number of hydrogen-bond acceptors (Lipinski definition) is 5. The summed E-state index contributed by atoms with van der Waals surface area (Å²) in [6, 6.07) is 11.7. The van der Waals surface area contributed by atoms with E-state index in [1.807, 2.05) is 0 Å². The molecular weight excluding hydrogens is 328 g/mol. The van der Waals surface area contributed by atoms with Gasteiger partial charge >= 0.3 is 0 Å². The summed E-state index contributed by atoms with van der Waals surface area (Å²) < 4.78 is 5.67. The third-order valence-corrected chi connectivity index (χ3v) is 4.02. The van der Waals surface area contributed by atoms with Crippen molar-refractivity contribution < 1.29 is 14.6 Å². The minimum absolute atomic E-state index is 0.0266. The largest absolute Gasteiger partial charge is 0.505 e. The third kappa shape index (κ3) is 6.67. The Morgan fingerprint density at radius 1 is 0.962 bits per heavy atom. The van der Waals surface area contributed by atoms with Gasteiger partial charge in [0.1, 0.15) is 23.5 Å². The van der Waals surface area contributed by atoms with Gasteiger partial charge in [0.05, 0.1) is 12.3 Å². The van der Waals surface area contributed by atoms with Crippen molar-refractivity contribution in [1.29, 1.82) is 0 Å². The van der Waals surface area contributed by atoms with E-state index in [1.165, 1.54) is 32.1 Å². The van der Waals surface area contributed by atoms with Crippen molar-refractivity contribution in [2.24, 2.45) is 10.2 Å². The van der Waals surface area contributed by atoms with E-state index in [0.717, 1.165) is 12.7 Å². The lowest BCUT2D eigenvalue weighted by atomic mass is 10.1. The lowest BCUT2D eigenvalue weighted by Crippen LogP contribution is -1.97. The van der Waals surface area contributed by atoms with Crippen LogP contribution in [0.1, 0.15) is 55.8 Å². The molecule has 0 unspecified atom stereocenters. The van der Waals surface area contributed by atoms with E-state index in [-0.39, 0.29) is 5.75 Å². The van der Waals surface area contributed by atoms with E-state index in [1.54, 1.807) is 42.5 Å². The predicted molar refractivity (Wildman–Crippen MR) is 103 cm³/mol. The average molecular weight is 354 g/mol. The Bertz CT molecular complexity index is 712. The number of ether oxygens (including phenoxy) is 1. The molecule has 0 amide bonds. The van der Waals surface area contributed by atoms with Crippen LogP contribution in [-0.4, -0.2) is 18.0 Å². The molecule has 0 aliphatic heterocycles. The molecule has 0 aromatic heterocycles. The minimum atomic E-state index is 0.0266. The zero-order chi connectivity index (χ0) is 18.6. The van der Waals surface area contributed by atoms with Gasteiger partial charge in [-0.3, -0.25) is 4.79 Å². The van der Waals surface area contributed by atoms with Crippen molar-refractivity contribution >= 4 is 17.7 Å². The molecule has 0 bridgehead atoms. The molecule has 0 fully saturated rings. The quantitative estimate of drug-likeness (QED) is 0.290. The number of unbranched alkanes of at least 4 members (excludes halogenated alkanes) is 5. The third-order valence-electron chi connectivity index (χ3n) is 4.02. The predicted octanol–water partition coefficient (Wildman–Crippen LogP) is 6.36. The van der Waals surface area contributed by atoms with Crippen LogP contribution in [-0.2, 0) is 0 Å². The van der Waals surface area contributed by atoms with E-state index in [0.29, 0.717) is 29.3 Å². The van der Waals surface area contributed by atoms with Gasteiger partial charge in [-0.05, 0) is 42.8 Å². The SMILES string of the molecule is CCCCCCCCOc1ccc(N=Nc2ccc(C=O)cc2)c(O)c1. The molecule has 0 heterocycles. The smallest absolute Gasteiger partial charge is 0.150 e. The van der Waals surface area contributed by atoms with Crippen LogP contribution in [0.25, 0.3) is 0 Å². The molecule has 138 valence electrons. The Kier molecular flexibility index (Phi) is 8.33. The maximum atomic E-state index is 10.6. The zero-order valence-electron chi connectivity index (χ0n) is 15.2. The molecule has 0 saturated carbocycles. The molecule has 2 aromatic carbocycles. The second kappa shape index (κ2) is 11.0. The maximum Gasteiger partial charge on any atom is 0.150 e. The Morgan fingerprint density at radius 2 is 1.69 bits per heavy atom. The van der Waals surface area contributed by atoms with Gasteiger partial charge in [0, 0.05) is 11.6 Å². The number of aromatic hydroxyl groups is 1. The van der Waals surface area contributed by atoms with E-state index < -0.39 is 0 Å². The lowest BCUT2D eigenvalue weighted by molar-refractivity contribution is 0.112. The molecule has 0 aliphatic carbocycles. The maximum absolute atomic E-state index is 10.6. The molecule has 0 spiro atoms. The number of phenols is 1. The summed E-state index contributed by atoms with van der Waals surface area (Å²) in [5.74, 6) is 0.657. The Morgan fingerprint density at radius 3 is 2.38 bits per heavy atom. The molecule has 2 rings (SSSR count). The zero-order valence-corrected chi connectivity index (χ0v) is 15.2. The van der Waals surface area contributed by atoms with Crippen LogP contribution in [0.3, 0.4) is 0 Å². The molecular formula is C21H26N2O3. The fourth-order valence-corrected chi connectivity index (χ4v) is 2.48. The van der Waals surface area contributed by atoms with Crippen molar-refractivity contribution in [2.45, 2.75) is 45.4 Å². The highest BCUT2D eigenvalue weighted by molar-refractivity contribution is 5.75. The highest BCUT2D eigenvalue weighted by Crippen LogP contribution is 2.32. The fraction of sp³-hybridized carbons (Fsp3) is 0.381. The Balaban J connectivity index is 1.82. The summed E-state index contributed by atoms with van der Waals surface area (Å²) in [7, 11) is 0. The van der Waals surface area contributed by atoms with E-state index in [4.69, 9.17) is 4.74 Å².